The van der Waals surface area contributed by atoms with Gasteiger partial charge < -0.3 is 23.5 Å². The lowest BCUT2D eigenvalue weighted by Gasteiger charge is -2.41. The summed E-state index contributed by atoms with van der Waals surface area (Å²) in [6.07, 6.45) is 0.943. The monoisotopic (exact) mass is 653 g/mol. The van der Waals surface area contributed by atoms with Crippen LogP contribution in [-0.2, 0) is 15.6 Å². The molecule has 0 saturated heterocycles. The predicted octanol–water partition coefficient (Wildman–Crippen LogP) is 7.69. The number of fused-ring (bicyclic) bond motifs is 1. The van der Waals surface area contributed by atoms with Crippen LogP contribution in [0.3, 0.4) is 0 Å². The highest BCUT2D eigenvalue weighted by Gasteiger charge is 2.40. The van der Waals surface area contributed by atoms with Gasteiger partial charge in [0.05, 0.1) is 19.2 Å². The van der Waals surface area contributed by atoms with E-state index in [1.54, 1.807) is 4.90 Å². The van der Waals surface area contributed by atoms with Crippen molar-refractivity contribution in [2.24, 2.45) is 0 Å². The molecule has 0 bridgehead atoms. The van der Waals surface area contributed by atoms with Crippen LogP contribution in [0.5, 0.6) is 11.5 Å². The van der Waals surface area contributed by atoms with Gasteiger partial charge in [0, 0.05) is 3.57 Å². The molecule has 0 fully saturated rings. The van der Waals surface area contributed by atoms with Crippen molar-refractivity contribution in [3.05, 3.63) is 57.7 Å². The maximum atomic E-state index is 13.5. The second kappa shape index (κ2) is 12.6. The summed E-state index contributed by atoms with van der Waals surface area (Å²) in [4.78, 5) is 15.2. The van der Waals surface area contributed by atoms with Gasteiger partial charge in [0.25, 0.3) is 0 Å². The van der Waals surface area contributed by atoms with Crippen LogP contribution in [0.15, 0.2) is 48.5 Å². The zero-order valence-corrected chi connectivity index (χ0v) is 27.3. The molecule has 0 radical (unpaired) electrons. The van der Waals surface area contributed by atoms with Crippen LogP contribution in [0.2, 0.25) is 18.1 Å². The first-order valence-corrected chi connectivity index (χ1v) is 17.4. The number of hydrogen-bond acceptors (Lipinski definition) is 5. The van der Waals surface area contributed by atoms with Crippen molar-refractivity contribution in [2.45, 2.75) is 90.3 Å². The van der Waals surface area contributed by atoms with E-state index in [4.69, 9.17) is 18.6 Å². The van der Waals surface area contributed by atoms with Crippen LogP contribution in [0.25, 0.3) is 0 Å². The van der Waals surface area contributed by atoms with Gasteiger partial charge in [0.2, 0.25) is 0 Å². The van der Waals surface area contributed by atoms with E-state index < -0.39 is 13.9 Å². The Balaban J connectivity index is 1.82. The topological polar surface area (TPSA) is 57.2 Å². The van der Waals surface area contributed by atoms with Crippen LogP contribution < -0.4 is 9.47 Å². The van der Waals surface area contributed by atoms with E-state index in [1.165, 1.54) is 9.13 Å². The molecule has 38 heavy (non-hydrogen) atoms. The largest absolute Gasteiger partial charge is 0.491 e. The molecule has 1 heterocycles. The SMILES string of the molecule is CC(C)(C)OC(=O)N(C[C@H]1CCc2cc(I)ccc2O1)C[C@@H](COc1ccccc1)O[Si](C)(C)C(C)(C)C. The smallest absolute Gasteiger partial charge is 0.410 e. The van der Waals surface area contributed by atoms with E-state index in [1.807, 2.05) is 57.2 Å². The van der Waals surface area contributed by atoms with Gasteiger partial charge in [-0.1, -0.05) is 39.0 Å². The standard InChI is InChI=1S/C30H44INO5Si/c1-29(2,3)36-28(33)32(19-25-16-14-22-18-23(31)15-17-27(22)35-25)20-26(37-38(7,8)30(4,5)6)21-34-24-12-10-9-11-13-24/h9-13,15,17-18,25-26H,14,16,19-21H2,1-8H3/t25-,26+/m1/s1. The highest BCUT2D eigenvalue weighted by Crippen LogP contribution is 2.37. The van der Waals surface area contributed by atoms with E-state index in [0.29, 0.717) is 19.7 Å². The Labute approximate surface area is 243 Å². The highest BCUT2D eigenvalue weighted by atomic mass is 127. The first-order valence-electron chi connectivity index (χ1n) is 13.4. The molecular formula is C30H44INO5Si. The normalized spacial score (nSPS) is 16.7. The molecule has 6 nitrogen and oxygen atoms in total. The number of carbonyl (C=O) groups excluding carboxylic acids is 1. The Morgan fingerprint density at radius 1 is 1.11 bits per heavy atom. The zero-order chi connectivity index (χ0) is 28.1. The van der Waals surface area contributed by atoms with Crippen molar-refractivity contribution < 1.29 is 23.4 Å². The quantitative estimate of drug-likeness (QED) is 0.205. The Kier molecular flexibility index (Phi) is 10.2. The summed E-state index contributed by atoms with van der Waals surface area (Å²) in [7, 11) is -2.15. The van der Waals surface area contributed by atoms with Crippen molar-refractivity contribution in [3.8, 4) is 11.5 Å². The average molecular weight is 654 g/mol. The molecule has 2 aromatic carbocycles. The fourth-order valence-corrected chi connectivity index (χ4v) is 5.89. The Bertz CT molecular complexity index is 1060. The number of benzene rings is 2. The number of amides is 1. The molecule has 2 atom stereocenters. The summed E-state index contributed by atoms with van der Waals surface area (Å²) < 4.78 is 26.3. The lowest BCUT2D eigenvalue weighted by Crippen LogP contribution is -2.52. The molecule has 0 unspecified atom stereocenters. The minimum atomic E-state index is -2.15. The number of para-hydroxylation sites is 1. The number of hydrogen-bond donors (Lipinski definition) is 0. The Morgan fingerprint density at radius 3 is 2.42 bits per heavy atom. The number of nitrogens with zero attached hydrogens (tertiary/aromatic N) is 1. The van der Waals surface area contributed by atoms with E-state index in [2.05, 4.69) is 68.6 Å². The fraction of sp³-hybridized carbons (Fsp3) is 0.567. The molecule has 0 aromatic heterocycles. The molecule has 0 aliphatic carbocycles. The van der Waals surface area contributed by atoms with Gasteiger partial charge in [-0.05, 0) is 110 Å². The summed E-state index contributed by atoms with van der Waals surface area (Å²) in [5.41, 5.74) is 0.606. The summed E-state index contributed by atoms with van der Waals surface area (Å²) in [6.45, 7) is 17.9. The summed E-state index contributed by atoms with van der Waals surface area (Å²) >= 11 is 2.33. The number of carbonyl (C=O) groups is 1. The average Bonchev–Trinajstić information content (AvgIpc) is 2.81. The molecule has 0 spiro atoms. The van der Waals surface area contributed by atoms with Gasteiger partial charge in [0.15, 0.2) is 8.32 Å². The molecule has 1 amide bonds. The third-order valence-electron chi connectivity index (χ3n) is 7.00. The highest BCUT2D eigenvalue weighted by molar-refractivity contribution is 14.1. The van der Waals surface area contributed by atoms with Crippen molar-refractivity contribution in [1.29, 1.82) is 0 Å². The van der Waals surface area contributed by atoms with Gasteiger partial charge in [0.1, 0.15) is 29.8 Å². The molecule has 1 aliphatic heterocycles. The lowest BCUT2D eigenvalue weighted by atomic mass is 10.0. The Hall–Kier alpha value is -1.78. The van der Waals surface area contributed by atoms with Crippen LogP contribution in [0.4, 0.5) is 4.79 Å². The van der Waals surface area contributed by atoms with Gasteiger partial charge in [-0.2, -0.15) is 0 Å². The van der Waals surface area contributed by atoms with Crippen LogP contribution >= 0.6 is 22.6 Å². The number of halogens is 1. The molecule has 0 N–H and O–H groups in total. The predicted molar refractivity (Wildman–Crippen MR) is 164 cm³/mol. The summed E-state index contributed by atoms with van der Waals surface area (Å²) in [5, 5.41) is 0.0163. The zero-order valence-electron chi connectivity index (χ0n) is 24.2. The fourth-order valence-electron chi connectivity index (χ4n) is 4.01. The van der Waals surface area contributed by atoms with Crippen LogP contribution in [-0.4, -0.2) is 56.8 Å². The van der Waals surface area contributed by atoms with E-state index in [-0.39, 0.29) is 23.3 Å². The summed E-state index contributed by atoms with van der Waals surface area (Å²) in [5.74, 6) is 1.68. The molecule has 2 aromatic rings. The second-order valence-electron chi connectivity index (χ2n) is 12.5. The van der Waals surface area contributed by atoms with Crippen molar-refractivity contribution in [2.75, 3.05) is 19.7 Å². The first kappa shape index (κ1) is 30.8. The minimum Gasteiger partial charge on any atom is -0.491 e. The molecule has 1 aliphatic rings. The van der Waals surface area contributed by atoms with Gasteiger partial charge in [-0.15, -0.1) is 0 Å². The Morgan fingerprint density at radius 2 is 1.79 bits per heavy atom. The number of ether oxygens (including phenoxy) is 3. The number of aryl methyl sites for hydroxylation is 1. The molecule has 0 saturated carbocycles. The third kappa shape index (κ3) is 9.16. The first-order chi connectivity index (χ1) is 17.6. The third-order valence-corrected chi connectivity index (χ3v) is 12.2. The van der Waals surface area contributed by atoms with Crippen LogP contribution in [0.1, 0.15) is 53.5 Å². The molecule has 8 heteroatoms. The van der Waals surface area contributed by atoms with Gasteiger partial charge >= 0.3 is 6.09 Å². The lowest BCUT2D eigenvalue weighted by molar-refractivity contribution is 0.000513. The van der Waals surface area contributed by atoms with Gasteiger partial charge in [-0.25, -0.2) is 4.79 Å². The maximum absolute atomic E-state index is 13.5. The maximum Gasteiger partial charge on any atom is 0.410 e. The van der Waals surface area contributed by atoms with Crippen molar-refractivity contribution in [3.63, 3.8) is 0 Å². The van der Waals surface area contributed by atoms with E-state index >= 15 is 0 Å². The van der Waals surface area contributed by atoms with Crippen LogP contribution in [0, 0.1) is 3.57 Å². The molecule has 3 rings (SSSR count). The van der Waals surface area contributed by atoms with E-state index in [9.17, 15) is 4.79 Å². The van der Waals surface area contributed by atoms with Crippen molar-refractivity contribution >= 4 is 37.0 Å². The minimum absolute atomic E-state index is 0.0163. The van der Waals surface area contributed by atoms with Crippen molar-refractivity contribution in [1.82, 2.24) is 4.90 Å². The molecular weight excluding hydrogens is 609 g/mol. The second-order valence-corrected chi connectivity index (χ2v) is 18.5. The molecule has 210 valence electrons. The van der Waals surface area contributed by atoms with E-state index in [0.717, 1.165) is 24.3 Å². The summed E-state index contributed by atoms with van der Waals surface area (Å²) in [6, 6.07) is 16.0. The number of rotatable bonds is 9. The van der Waals surface area contributed by atoms with Gasteiger partial charge in [-0.3, -0.25) is 0 Å².